The second-order valence-electron chi connectivity index (χ2n) is 17.7. The van der Waals surface area contributed by atoms with Crippen molar-refractivity contribution in [3.8, 4) is 45.3 Å². The molecular formula is C58H44N2O2. The van der Waals surface area contributed by atoms with E-state index in [1.807, 2.05) is 12.1 Å². The fourth-order valence-corrected chi connectivity index (χ4v) is 10.4. The van der Waals surface area contributed by atoms with Crippen LogP contribution in [0.15, 0.2) is 194 Å². The van der Waals surface area contributed by atoms with Crippen LogP contribution in [-0.2, 0) is 10.8 Å². The molecule has 1 heterocycles. The maximum atomic E-state index is 6.99. The lowest BCUT2D eigenvalue weighted by molar-refractivity contribution is 0.439. The number of benzene rings is 9. The van der Waals surface area contributed by atoms with Crippen molar-refractivity contribution in [2.75, 3.05) is 9.80 Å². The van der Waals surface area contributed by atoms with Gasteiger partial charge >= 0.3 is 0 Å². The quantitative estimate of drug-likeness (QED) is 0.167. The Morgan fingerprint density at radius 1 is 0.323 bits per heavy atom. The first kappa shape index (κ1) is 36.3. The van der Waals surface area contributed by atoms with E-state index in [-0.39, 0.29) is 10.8 Å². The third-order valence-corrected chi connectivity index (χ3v) is 13.5. The van der Waals surface area contributed by atoms with Gasteiger partial charge in [-0.1, -0.05) is 137 Å². The van der Waals surface area contributed by atoms with Crippen LogP contribution in [0.3, 0.4) is 0 Å². The molecule has 298 valence electrons. The number of ether oxygens (including phenoxy) is 2. The third-order valence-electron chi connectivity index (χ3n) is 13.5. The van der Waals surface area contributed by atoms with E-state index in [4.69, 9.17) is 9.47 Å². The Kier molecular flexibility index (Phi) is 7.89. The maximum Gasteiger partial charge on any atom is 0.172 e. The van der Waals surface area contributed by atoms with Crippen molar-refractivity contribution in [3.05, 3.63) is 216 Å². The van der Waals surface area contributed by atoms with Gasteiger partial charge in [-0.2, -0.15) is 0 Å². The molecule has 0 unspecified atom stereocenters. The molecule has 0 N–H and O–H groups in total. The molecule has 0 spiro atoms. The molecule has 0 fully saturated rings. The third kappa shape index (κ3) is 5.39. The molecule has 4 heteroatoms. The van der Waals surface area contributed by atoms with Crippen molar-refractivity contribution in [3.63, 3.8) is 0 Å². The topological polar surface area (TPSA) is 24.9 Å². The summed E-state index contributed by atoms with van der Waals surface area (Å²) < 4.78 is 13.8. The molecule has 62 heavy (non-hydrogen) atoms. The Bertz CT molecular complexity index is 3260. The molecule has 9 aromatic rings. The SMILES string of the molecule is CC1(C)c2ccccc2-c2ccc(N(c3ccccc3)c3ccc4c(c3)Oc3ccc(N(c5ccccc5)c5ccc6c(c5)C(C)(C)c5ccccc5-6)c5cccc(c35)O4)cc21. The van der Waals surface area contributed by atoms with Gasteiger partial charge in [-0.25, -0.2) is 0 Å². The number of hydrogen-bond donors (Lipinski definition) is 0. The highest BCUT2D eigenvalue weighted by atomic mass is 16.5. The summed E-state index contributed by atoms with van der Waals surface area (Å²) in [5.41, 5.74) is 16.7. The van der Waals surface area contributed by atoms with E-state index in [0.29, 0.717) is 11.5 Å². The summed E-state index contributed by atoms with van der Waals surface area (Å²) in [6.45, 7) is 9.33. The molecule has 0 aromatic heterocycles. The van der Waals surface area contributed by atoms with Gasteiger partial charge < -0.3 is 19.3 Å². The summed E-state index contributed by atoms with van der Waals surface area (Å²) >= 11 is 0. The number of rotatable bonds is 6. The minimum absolute atomic E-state index is 0.128. The molecule has 9 aromatic carbocycles. The molecule has 2 aliphatic carbocycles. The van der Waals surface area contributed by atoms with Gasteiger partial charge in [-0.3, -0.25) is 0 Å². The van der Waals surface area contributed by atoms with E-state index in [1.54, 1.807) is 0 Å². The summed E-state index contributed by atoms with van der Waals surface area (Å²) in [5, 5.41) is 1.96. The van der Waals surface area contributed by atoms with Crippen LogP contribution in [0.2, 0.25) is 0 Å². The lowest BCUT2D eigenvalue weighted by Gasteiger charge is -2.29. The molecule has 0 bridgehead atoms. The summed E-state index contributed by atoms with van der Waals surface area (Å²) in [4.78, 5) is 4.68. The van der Waals surface area contributed by atoms with Crippen molar-refractivity contribution < 1.29 is 9.47 Å². The molecule has 1 aliphatic heterocycles. The zero-order valence-electron chi connectivity index (χ0n) is 35.2. The van der Waals surface area contributed by atoms with Gasteiger partial charge in [0.25, 0.3) is 0 Å². The lowest BCUT2D eigenvalue weighted by atomic mass is 9.82. The molecule has 0 saturated heterocycles. The summed E-state index contributed by atoms with van der Waals surface area (Å²) in [6, 6.07) is 69.5. The van der Waals surface area contributed by atoms with Crippen molar-refractivity contribution in [1.29, 1.82) is 0 Å². The second-order valence-corrected chi connectivity index (χ2v) is 17.7. The average molecular weight is 801 g/mol. The Labute approximate surface area is 362 Å². The normalized spacial score (nSPS) is 14.3. The van der Waals surface area contributed by atoms with E-state index in [1.165, 1.54) is 44.5 Å². The van der Waals surface area contributed by atoms with Gasteiger partial charge in [0, 0.05) is 45.0 Å². The van der Waals surface area contributed by atoms with Crippen LogP contribution in [0.25, 0.3) is 33.0 Å². The highest BCUT2D eigenvalue weighted by Gasteiger charge is 2.37. The monoisotopic (exact) mass is 800 g/mol. The number of anilines is 6. The largest absolute Gasteiger partial charge is 0.453 e. The van der Waals surface area contributed by atoms with Crippen molar-refractivity contribution in [2.24, 2.45) is 0 Å². The van der Waals surface area contributed by atoms with Crippen LogP contribution in [0.1, 0.15) is 49.9 Å². The molecule has 0 radical (unpaired) electrons. The van der Waals surface area contributed by atoms with Gasteiger partial charge in [0.2, 0.25) is 0 Å². The predicted octanol–water partition coefficient (Wildman–Crippen LogP) is 16.3. The highest BCUT2D eigenvalue weighted by Crippen LogP contribution is 2.55. The van der Waals surface area contributed by atoms with E-state index < -0.39 is 0 Å². The minimum Gasteiger partial charge on any atom is -0.453 e. The molecule has 0 saturated carbocycles. The maximum absolute atomic E-state index is 6.99. The molecule has 4 nitrogen and oxygen atoms in total. The van der Waals surface area contributed by atoms with E-state index >= 15 is 0 Å². The Balaban J connectivity index is 0.965. The molecular weight excluding hydrogens is 757 g/mol. The van der Waals surface area contributed by atoms with Crippen molar-refractivity contribution in [2.45, 2.75) is 38.5 Å². The minimum atomic E-state index is -0.131. The zero-order chi connectivity index (χ0) is 41.7. The Morgan fingerprint density at radius 2 is 0.790 bits per heavy atom. The van der Waals surface area contributed by atoms with E-state index in [0.717, 1.165) is 56.4 Å². The molecule has 3 aliphatic rings. The second kappa shape index (κ2) is 13.5. The van der Waals surface area contributed by atoms with Crippen LogP contribution >= 0.6 is 0 Å². The first-order chi connectivity index (χ1) is 30.3. The highest BCUT2D eigenvalue weighted by molar-refractivity contribution is 6.06. The van der Waals surface area contributed by atoms with Gasteiger partial charge in [0.05, 0.1) is 16.8 Å². The van der Waals surface area contributed by atoms with Crippen molar-refractivity contribution >= 4 is 44.9 Å². The molecule has 0 amide bonds. The number of para-hydroxylation sites is 2. The summed E-state index contributed by atoms with van der Waals surface area (Å²) in [7, 11) is 0. The number of fused-ring (bicyclic) bond motifs is 7. The Hall–Kier alpha value is -7.56. The van der Waals surface area contributed by atoms with Gasteiger partial charge in [-0.05, 0) is 123 Å². The van der Waals surface area contributed by atoms with Crippen molar-refractivity contribution in [1.82, 2.24) is 0 Å². The van der Waals surface area contributed by atoms with Gasteiger partial charge in [-0.15, -0.1) is 0 Å². The smallest absolute Gasteiger partial charge is 0.172 e. The number of hydrogen-bond acceptors (Lipinski definition) is 4. The van der Waals surface area contributed by atoms with E-state index in [9.17, 15) is 0 Å². The number of nitrogens with zero attached hydrogens (tertiary/aromatic N) is 2. The zero-order valence-corrected chi connectivity index (χ0v) is 35.2. The summed E-state index contributed by atoms with van der Waals surface area (Å²) in [5.74, 6) is 2.82. The van der Waals surface area contributed by atoms with Gasteiger partial charge in [0.15, 0.2) is 11.5 Å². The van der Waals surface area contributed by atoms with Crippen LogP contribution in [0, 0.1) is 0 Å². The average Bonchev–Trinajstić information content (AvgIpc) is 3.58. The standard InChI is InChI=1S/C58H44N2O2/c1-57(2)47-23-13-11-20-42(47)44-29-26-39(34-49(44)57)59(37-16-7-5-8-17-37)41-28-32-52-55(36-41)62-54-33-31-51(46-22-15-25-53(61-52)56(46)54)60(38-18-9-6-10-19-38)40-27-30-45-43-21-12-14-24-48(43)58(3,4)50(45)35-40/h5-36H,1-4H3. The first-order valence-corrected chi connectivity index (χ1v) is 21.5. The first-order valence-electron chi connectivity index (χ1n) is 21.5. The van der Waals surface area contributed by atoms with Crippen LogP contribution in [0.4, 0.5) is 34.1 Å². The lowest BCUT2D eigenvalue weighted by Crippen LogP contribution is -2.16. The fourth-order valence-electron chi connectivity index (χ4n) is 10.4. The predicted molar refractivity (Wildman–Crippen MR) is 255 cm³/mol. The molecule has 12 rings (SSSR count). The van der Waals surface area contributed by atoms with Crippen LogP contribution in [0.5, 0.6) is 23.0 Å². The van der Waals surface area contributed by atoms with Gasteiger partial charge in [0.1, 0.15) is 11.5 Å². The Morgan fingerprint density at radius 3 is 1.42 bits per heavy atom. The van der Waals surface area contributed by atoms with Crippen LogP contribution in [-0.4, -0.2) is 0 Å². The fraction of sp³-hybridized carbons (Fsp3) is 0.103. The van der Waals surface area contributed by atoms with Crippen LogP contribution < -0.4 is 19.3 Å². The molecule has 0 atom stereocenters. The van der Waals surface area contributed by atoms with E-state index in [2.05, 4.69) is 219 Å². The summed E-state index contributed by atoms with van der Waals surface area (Å²) in [6.07, 6.45) is 0.